The first kappa shape index (κ1) is 26.1. The van der Waals surface area contributed by atoms with Crippen molar-refractivity contribution in [2.24, 2.45) is 5.92 Å². The highest BCUT2D eigenvalue weighted by Crippen LogP contribution is 2.49. The number of rotatable bonds is 8. The molecule has 0 aliphatic carbocycles. The monoisotopic (exact) mass is 524 g/mol. The summed E-state index contributed by atoms with van der Waals surface area (Å²) in [6, 6.07) is 11.3. The number of nitrogens with zero attached hydrogens (tertiary/aromatic N) is 2. The van der Waals surface area contributed by atoms with Gasteiger partial charge in [-0.2, -0.15) is 0 Å². The zero-order valence-corrected chi connectivity index (χ0v) is 22.3. The fourth-order valence-electron chi connectivity index (χ4n) is 4.97. The molecule has 0 spiro atoms. The maximum Gasteiger partial charge on any atom is 0.225 e. The first-order valence-electron chi connectivity index (χ1n) is 12.0. The van der Waals surface area contributed by atoms with Crippen LogP contribution in [0.4, 0.5) is 0 Å². The van der Waals surface area contributed by atoms with Crippen LogP contribution < -0.4 is 9.47 Å². The van der Waals surface area contributed by atoms with E-state index in [2.05, 4.69) is 11.6 Å². The lowest BCUT2D eigenvalue weighted by Crippen LogP contribution is -2.39. The number of halogens is 2. The van der Waals surface area contributed by atoms with E-state index < -0.39 is 0 Å². The van der Waals surface area contributed by atoms with E-state index in [1.54, 1.807) is 26.5 Å². The van der Waals surface area contributed by atoms with E-state index in [1.807, 2.05) is 48.2 Å². The molecule has 1 atom stereocenters. The third-order valence-corrected chi connectivity index (χ3v) is 7.06. The van der Waals surface area contributed by atoms with E-state index in [0.717, 1.165) is 40.7 Å². The summed E-state index contributed by atoms with van der Waals surface area (Å²) in [6.45, 7) is 7.02. The van der Waals surface area contributed by atoms with Crippen molar-refractivity contribution in [1.29, 1.82) is 0 Å². The van der Waals surface area contributed by atoms with E-state index >= 15 is 0 Å². The molecule has 2 heterocycles. The second-order valence-electron chi connectivity index (χ2n) is 8.94. The molecule has 7 heteroatoms. The molecule has 2 aromatic carbocycles. The van der Waals surface area contributed by atoms with Gasteiger partial charge < -0.3 is 14.4 Å². The number of likely N-dealkylation sites (tertiary alicyclic amines) is 1. The predicted molar refractivity (Wildman–Crippen MR) is 146 cm³/mol. The Morgan fingerprint density at radius 1 is 1.08 bits per heavy atom. The molecule has 0 bridgehead atoms. The molecule has 0 radical (unpaired) electrons. The van der Waals surface area contributed by atoms with E-state index in [1.165, 1.54) is 0 Å². The molecule has 1 aromatic heterocycles. The van der Waals surface area contributed by atoms with Gasteiger partial charge >= 0.3 is 0 Å². The van der Waals surface area contributed by atoms with Crippen LogP contribution >= 0.6 is 23.2 Å². The third kappa shape index (κ3) is 5.09. The maximum absolute atomic E-state index is 13.1. The molecule has 36 heavy (non-hydrogen) atoms. The number of allylic oxidation sites excluding steroid dienone is 1. The van der Waals surface area contributed by atoms with E-state index in [0.29, 0.717) is 46.7 Å². The minimum absolute atomic E-state index is 0.0138. The summed E-state index contributed by atoms with van der Waals surface area (Å²) in [4.78, 5) is 19.7. The normalized spacial score (nSPS) is 15.6. The fraction of sp³-hybridized carbons (Fsp3) is 0.310. The van der Waals surface area contributed by atoms with Crippen molar-refractivity contribution >= 4 is 29.1 Å². The minimum Gasteiger partial charge on any atom is -0.496 e. The highest BCUT2D eigenvalue weighted by molar-refractivity contribution is 6.31. The molecule has 4 rings (SSSR count). The standard InChI is InChI=1S/C29H30Cl2N2O3/c1-5-8-22-27(35-3)23(17-33-14-7-9-18(2)29(33)34)26(24-13-12-21(31)16-32-24)25(28(22)36-4)19-10-6-11-20(30)15-19/h5-6,10-13,15-16,18H,1,7-9,14,17H2,2-4H3. The molecule has 3 aromatic rings. The number of hydrogen-bond acceptors (Lipinski definition) is 4. The molecule has 0 saturated carbocycles. The van der Waals surface area contributed by atoms with Gasteiger partial charge in [-0.05, 0) is 49.1 Å². The summed E-state index contributed by atoms with van der Waals surface area (Å²) in [7, 11) is 3.29. The van der Waals surface area contributed by atoms with Crippen molar-refractivity contribution < 1.29 is 14.3 Å². The molecule has 1 saturated heterocycles. The number of hydrogen-bond donors (Lipinski definition) is 0. The lowest BCUT2D eigenvalue weighted by molar-refractivity contribution is -0.138. The Labute approximate surface area is 222 Å². The van der Waals surface area contributed by atoms with Gasteiger partial charge in [0.15, 0.2) is 0 Å². The summed E-state index contributed by atoms with van der Waals surface area (Å²) in [6.07, 6.45) is 5.82. The summed E-state index contributed by atoms with van der Waals surface area (Å²) < 4.78 is 12.1. The van der Waals surface area contributed by atoms with Crippen molar-refractivity contribution in [3.8, 4) is 33.9 Å². The van der Waals surface area contributed by atoms with Crippen LogP contribution in [0.25, 0.3) is 22.4 Å². The van der Waals surface area contributed by atoms with Crippen LogP contribution in [0.3, 0.4) is 0 Å². The molecule has 1 aliphatic heterocycles. The zero-order chi connectivity index (χ0) is 25.8. The molecular weight excluding hydrogens is 495 g/mol. The number of amides is 1. The van der Waals surface area contributed by atoms with Crippen molar-refractivity contribution in [1.82, 2.24) is 9.88 Å². The molecule has 1 aliphatic rings. The summed E-state index contributed by atoms with van der Waals surface area (Å²) in [5.74, 6) is 1.45. The molecule has 188 valence electrons. The zero-order valence-electron chi connectivity index (χ0n) is 20.8. The van der Waals surface area contributed by atoms with E-state index in [-0.39, 0.29) is 11.8 Å². The largest absolute Gasteiger partial charge is 0.496 e. The molecule has 5 nitrogen and oxygen atoms in total. The second kappa shape index (κ2) is 11.4. The minimum atomic E-state index is -0.0138. The number of methoxy groups -OCH3 is 2. The second-order valence-corrected chi connectivity index (χ2v) is 9.81. The summed E-state index contributed by atoms with van der Waals surface area (Å²) in [5, 5.41) is 1.14. The Morgan fingerprint density at radius 3 is 2.50 bits per heavy atom. The van der Waals surface area contributed by atoms with Crippen molar-refractivity contribution in [3.63, 3.8) is 0 Å². The Morgan fingerprint density at radius 2 is 1.86 bits per heavy atom. The van der Waals surface area contributed by atoms with Crippen LogP contribution in [0.2, 0.25) is 10.0 Å². The van der Waals surface area contributed by atoms with Gasteiger partial charge in [0.1, 0.15) is 11.5 Å². The number of pyridine rings is 1. The fourth-order valence-corrected chi connectivity index (χ4v) is 5.28. The first-order valence-corrected chi connectivity index (χ1v) is 12.7. The predicted octanol–water partition coefficient (Wildman–Crippen LogP) is 7.23. The van der Waals surface area contributed by atoms with Gasteiger partial charge in [-0.1, -0.05) is 48.3 Å². The first-order chi connectivity index (χ1) is 17.4. The van der Waals surface area contributed by atoms with Crippen LogP contribution in [-0.4, -0.2) is 36.6 Å². The van der Waals surface area contributed by atoms with Crippen LogP contribution in [0.5, 0.6) is 11.5 Å². The van der Waals surface area contributed by atoms with Crippen LogP contribution in [0.15, 0.2) is 55.3 Å². The van der Waals surface area contributed by atoms with Gasteiger partial charge in [0.25, 0.3) is 0 Å². The summed E-state index contributed by atoms with van der Waals surface area (Å²) in [5.41, 5.74) is 4.95. The van der Waals surface area contributed by atoms with Crippen LogP contribution in [-0.2, 0) is 17.8 Å². The molecule has 1 unspecified atom stereocenters. The number of ether oxygens (including phenoxy) is 2. The molecular formula is C29H30Cl2N2O3. The Bertz CT molecular complexity index is 1270. The quantitative estimate of drug-likeness (QED) is 0.291. The van der Waals surface area contributed by atoms with Crippen molar-refractivity contribution in [3.05, 3.63) is 76.4 Å². The van der Waals surface area contributed by atoms with Gasteiger partial charge in [-0.15, -0.1) is 6.58 Å². The SMILES string of the molecule is C=CCc1c(OC)c(CN2CCCC(C)C2=O)c(-c2ccc(Cl)cn2)c(-c2cccc(Cl)c2)c1OC. The van der Waals surface area contributed by atoms with Crippen LogP contribution in [0, 0.1) is 5.92 Å². The van der Waals surface area contributed by atoms with Crippen molar-refractivity contribution in [2.75, 3.05) is 20.8 Å². The molecule has 1 amide bonds. The number of carbonyl (C=O) groups excluding carboxylic acids is 1. The highest BCUT2D eigenvalue weighted by atomic mass is 35.5. The van der Waals surface area contributed by atoms with Gasteiger partial charge in [-0.3, -0.25) is 9.78 Å². The lowest BCUT2D eigenvalue weighted by atomic mass is 9.86. The van der Waals surface area contributed by atoms with Crippen molar-refractivity contribution in [2.45, 2.75) is 32.7 Å². The Balaban J connectivity index is 2.10. The molecule has 1 fully saturated rings. The number of carbonyl (C=O) groups is 1. The highest BCUT2D eigenvalue weighted by Gasteiger charge is 2.31. The topological polar surface area (TPSA) is 51.7 Å². The Kier molecular flexibility index (Phi) is 8.22. The van der Waals surface area contributed by atoms with Gasteiger partial charge in [0.2, 0.25) is 5.91 Å². The lowest BCUT2D eigenvalue weighted by Gasteiger charge is -2.33. The smallest absolute Gasteiger partial charge is 0.225 e. The van der Waals surface area contributed by atoms with Crippen LogP contribution in [0.1, 0.15) is 30.9 Å². The number of aromatic nitrogens is 1. The number of piperidine rings is 1. The average Bonchev–Trinajstić information content (AvgIpc) is 2.87. The van der Waals surface area contributed by atoms with Gasteiger partial charge in [0, 0.05) is 52.5 Å². The van der Waals surface area contributed by atoms with E-state index in [9.17, 15) is 4.79 Å². The number of benzene rings is 2. The van der Waals surface area contributed by atoms with E-state index in [4.69, 9.17) is 32.7 Å². The maximum atomic E-state index is 13.1. The Hall–Kier alpha value is -3.02. The average molecular weight is 525 g/mol. The van der Waals surface area contributed by atoms with Gasteiger partial charge in [-0.25, -0.2) is 0 Å². The third-order valence-electron chi connectivity index (χ3n) is 6.60. The van der Waals surface area contributed by atoms with Gasteiger partial charge in [0.05, 0.1) is 24.9 Å². The molecule has 0 N–H and O–H groups in total. The summed E-state index contributed by atoms with van der Waals surface area (Å²) >= 11 is 12.6.